The van der Waals surface area contributed by atoms with Gasteiger partial charge in [-0.1, -0.05) is 13.0 Å². The molecule has 2 aromatic heterocycles. The Morgan fingerprint density at radius 2 is 1.96 bits per heavy atom. The van der Waals surface area contributed by atoms with E-state index in [4.69, 9.17) is 18.6 Å². The molecule has 0 radical (unpaired) electrons. The number of carbonyl (C=O) groups excluding carboxylic acids is 1. The molecule has 1 aliphatic carbocycles. The molecule has 6 rings (SSSR count). The highest BCUT2D eigenvalue weighted by molar-refractivity contribution is 5.99. The molecule has 4 aromatic rings. The molecule has 0 bridgehead atoms. The first-order valence-electron chi connectivity index (χ1n) is 16.6. The Bertz CT molecular complexity index is 1610. The van der Waals surface area contributed by atoms with E-state index in [1.807, 2.05) is 42.5 Å². The van der Waals surface area contributed by atoms with Gasteiger partial charge in [0.1, 0.15) is 29.4 Å². The number of aliphatic hydroxyl groups excluding tert-OH is 1. The fraction of sp³-hybridized carbons (Fsp3) is 0.528. The van der Waals surface area contributed by atoms with Crippen molar-refractivity contribution in [1.29, 1.82) is 0 Å². The topological polar surface area (TPSA) is 129 Å². The van der Waals surface area contributed by atoms with Gasteiger partial charge in [-0.25, -0.2) is 0 Å². The van der Waals surface area contributed by atoms with Crippen molar-refractivity contribution in [3.05, 3.63) is 60.0 Å². The quantitative estimate of drug-likeness (QED) is 0.144. The lowest BCUT2D eigenvalue weighted by atomic mass is 9.80. The molecule has 248 valence electrons. The summed E-state index contributed by atoms with van der Waals surface area (Å²) in [5.74, 6) is 1.55. The number of hydrogen-bond acceptors (Lipinski definition) is 8. The maximum absolute atomic E-state index is 13.3. The number of benzene rings is 2. The van der Waals surface area contributed by atoms with E-state index in [9.17, 15) is 15.0 Å². The van der Waals surface area contributed by atoms with Crippen LogP contribution in [0, 0.1) is 5.92 Å². The number of amides is 1. The number of fused-ring (bicyclic) bond motifs is 2. The van der Waals surface area contributed by atoms with E-state index in [0.29, 0.717) is 44.1 Å². The van der Waals surface area contributed by atoms with Gasteiger partial charge in [-0.15, -0.1) is 0 Å². The Hall–Kier alpha value is -3.57. The summed E-state index contributed by atoms with van der Waals surface area (Å²) in [4.78, 5) is 18.9. The number of likely N-dealkylation sites (tertiary alicyclic amines) is 1. The summed E-state index contributed by atoms with van der Waals surface area (Å²) in [7, 11) is 1.68. The van der Waals surface area contributed by atoms with Crippen LogP contribution in [-0.4, -0.2) is 83.7 Å². The zero-order valence-corrected chi connectivity index (χ0v) is 26.9. The van der Waals surface area contributed by atoms with Gasteiger partial charge in [0.15, 0.2) is 0 Å². The van der Waals surface area contributed by atoms with Crippen LogP contribution in [0.15, 0.2) is 53.1 Å². The molecule has 1 saturated carbocycles. The van der Waals surface area contributed by atoms with Crippen LogP contribution in [-0.2, 0) is 11.3 Å². The summed E-state index contributed by atoms with van der Waals surface area (Å²) < 4.78 is 22.9. The Morgan fingerprint density at radius 1 is 1.11 bits per heavy atom. The average molecular weight is 634 g/mol. The van der Waals surface area contributed by atoms with Gasteiger partial charge < -0.3 is 44.0 Å². The minimum atomic E-state index is -0.700. The number of rotatable bonds is 13. The van der Waals surface area contributed by atoms with Crippen molar-refractivity contribution in [2.75, 3.05) is 40.0 Å². The van der Waals surface area contributed by atoms with Crippen molar-refractivity contribution in [3.63, 3.8) is 0 Å². The van der Waals surface area contributed by atoms with Crippen LogP contribution in [0.2, 0.25) is 0 Å². The molecule has 3 heterocycles. The zero-order chi connectivity index (χ0) is 32.1. The van der Waals surface area contributed by atoms with Crippen molar-refractivity contribution in [2.24, 2.45) is 5.92 Å². The van der Waals surface area contributed by atoms with Crippen molar-refractivity contribution in [3.8, 4) is 11.5 Å². The molecule has 1 amide bonds. The standard InChI is InChI=1S/C36H47N3O7/c1-24-21-39(15-11-32(24)40)16-14-36(42)12-9-26(10-13-36)37-35(41)31-20-29-30(38-31)5-3-6-33(29)45-22-25-23-46-34-19-27(7-8-28(25)34)44-18-4-17-43-2/h3,5-8,19-20,23-24,26,32,38,40,42H,4,9-18,21-22H2,1-2H3,(H,37,41)/t24-,26?,32-,36?/m0/s1. The number of piperidine rings is 1. The highest BCUT2D eigenvalue weighted by Gasteiger charge is 2.35. The molecule has 4 N–H and O–H groups in total. The molecular formula is C36H47N3O7. The minimum absolute atomic E-state index is 0.0192. The van der Waals surface area contributed by atoms with Gasteiger partial charge in [-0.05, 0) is 74.8 Å². The maximum Gasteiger partial charge on any atom is 0.267 e. The predicted molar refractivity (Wildman–Crippen MR) is 176 cm³/mol. The monoisotopic (exact) mass is 633 g/mol. The van der Waals surface area contributed by atoms with E-state index in [1.54, 1.807) is 13.4 Å². The number of aliphatic hydroxyl groups is 2. The number of H-pyrrole nitrogens is 1. The molecule has 0 spiro atoms. The van der Waals surface area contributed by atoms with Crippen molar-refractivity contribution >= 4 is 27.8 Å². The van der Waals surface area contributed by atoms with E-state index in [-0.39, 0.29) is 24.0 Å². The van der Waals surface area contributed by atoms with Gasteiger partial charge in [0.25, 0.3) is 5.91 Å². The normalized spacial score (nSPS) is 24.0. The summed E-state index contributed by atoms with van der Waals surface area (Å²) >= 11 is 0. The Balaban J connectivity index is 1.01. The molecule has 10 nitrogen and oxygen atoms in total. The van der Waals surface area contributed by atoms with E-state index < -0.39 is 5.60 Å². The zero-order valence-electron chi connectivity index (χ0n) is 26.9. The predicted octanol–water partition coefficient (Wildman–Crippen LogP) is 5.40. The highest BCUT2D eigenvalue weighted by atomic mass is 16.5. The Morgan fingerprint density at radius 3 is 2.76 bits per heavy atom. The average Bonchev–Trinajstić information content (AvgIpc) is 3.68. The first-order chi connectivity index (χ1) is 22.3. The smallest absolute Gasteiger partial charge is 0.267 e. The minimum Gasteiger partial charge on any atom is -0.493 e. The second-order valence-electron chi connectivity index (χ2n) is 13.2. The van der Waals surface area contributed by atoms with Gasteiger partial charge in [0, 0.05) is 73.7 Å². The SMILES string of the molecule is COCCCOc1ccc2c(COc3cccc4[nH]c(C(=O)NC5CCC(O)(CCN6CC[C@H](O)[C@@H](C)C6)CC5)cc34)coc2c1. The molecule has 2 aromatic carbocycles. The van der Waals surface area contributed by atoms with Crippen LogP contribution in [0.1, 0.15) is 67.9 Å². The number of hydrogen-bond donors (Lipinski definition) is 4. The van der Waals surface area contributed by atoms with Crippen molar-refractivity contribution < 1.29 is 33.6 Å². The number of carbonyl (C=O) groups is 1. The second kappa shape index (κ2) is 14.5. The number of aromatic amines is 1. The second-order valence-corrected chi connectivity index (χ2v) is 13.2. The van der Waals surface area contributed by atoms with Gasteiger partial charge in [0.2, 0.25) is 0 Å². The number of furan rings is 1. The van der Waals surface area contributed by atoms with Gasteiger partial charge in [-0.2, -0.15) is 0 Å². The molecular weight excluding hydrogens is 586 g/mol. The number of ether oxygens (including phenoxy) is 3. The van der Waals surface area contributed by atoms with Crippen LogP contribution >= 0.6 is 0 Å². The van der Waals surface area contributed by atoms with Crippen molar-refractivity contribution in [1.82, 2.24) is 15.2 Å². The van der Waals surface area contributed by atoms with Crippen LogP contribution in [0.4, 0.5) is 0 Å². The summed E-state index contributed by atoms with van der Waals surface area (Å²) in [5.41, 5.74) is 2.27. The van der Waals surface area contributed by atoms with Crippen molar-refractivity contribution in [2.45, 2.75) is 76.2 Å². The summed E-state index contributed by atoms with van der Waals surface area (Å²) in [6, 6.07) is 13.4. The first-order valence-corrected chi connectivity index (χ1v) is 16.6. The molecule has 2 aliphatic rings. The third kappa shape index (κ3) is 7.69. The summed E-state index contributed by atoms with van der Waals surface area (Å²) in [6.07, 6.45) is 6.64. The van der Waals surface area contributed by atoms with E-state index in [0.717, 1.165) is 84.9 Å². The van der Waals surface area contributed by atoms with Crippen LogP contribution in [0.25, 0.3) is 21.9 Å². The van der Waals surface area contributed by atoms with Gasteiger partial charge in [0.05, 0.1) is 24.6 Å². The number of methoxy groups -OCH3 is 1. The molecule has 1 aliphatic heterocycles. The molecule has 2 atom stereocenters. The largest absolute Gasteiger partial charge is 0.493 e. The number of nitrogens with one attached hydrogen (secondary N) is 2. The summed E-state index contributed by atoms with van der Waals surface area (Å²) in [6.45, 7) is 6.23. The number of nitrogens with zero attached hydrogens (tertiary/aromatic N) is 1. The van der Waals surface area contributed by atoms with E-state index >= 15 is 0 Å². The molecule has 0 unspecified atom stereocenters. The molecule has 1 saturated heterocycles. The fourth-order valence-electron chi connectivity index (χ4n) is 6.79. The lowest BCUT2D eigenvalue weighted by Crippen LogP contribution is -2.47. The van der Waals surface area contributed by atoms with Crippen LogP contribution < -0.4 is 14.8 Å². The Labute approximate surface area is 270 Å². The Kier molecular flexibility index (Phi) is 10.2. The summed E-state index contributed by atoms with van der Waals surface area (Å²) in [5, 5.41) is 26.2. The lowest BCUT2D eigenvalue weighted by Gasteiger charge is -2.39. The van der Waals surface area contributed by atoms with E-state index in [2.05, 4.69) is 22.1 Å². The first kappa shape index (κ1) is 32.4. The molecule has 46 heavy (non-hydrogen) atoms. The third-order valence-electron chi connectivity index (χ3n) is 9.73. The molecule has 2 fully saturated rings. The lowest BCUT2D eigenvalue weighted by molar-refractivity contribution is -0.0272. The molecule has 10 heteroatoms. The third-order valence-corrected chi connectivity index (χ3v) is 9.73. The number of aromatic nitrogens is 1. The van der Waals surface area contributed by atoms with Gasteiger partial charge in [-0.3, -0.25) is 4.79 Å². The van der Waals surface area contributed by atoms with E-state index in [1.165, 1.54) is 0 Å². The maximum atomic E-state index is 13.3. The fourth-order valence-corrected chi connectivity index (χ4v) is 6.79. The van der Waals surface area contributed by atoms with Crippen LogP contribution in [0.5, 0.6) is 11.5 Å². The highest BCUT2D eigenvalue weighted by Crippen LogP contribution is 2.33. The van der Waals surface area contributed by atoms with Gasteiger partial charge >= 0.3 is 0 Å². The van der Waals surface area contributed by atoms with Crippen LogP contribution in [0.3, 0.4) is 0 Å².